The normalized spacial score (nSPS) is 15.9. The van der Waals surface area contributed by atoms with Gasteiger partial charge in [0.15, 0.2) is 5.78 Å². The van der Waals surface area contributed by atoms with E-state index in [0.717, 1.165) is 9.75 Å². The van der Waals surface area contributed by atoms with Crippen LogP contribution in [0.15, 0.2) is 6.07 Å². The Bertz CT molecular complexity index is 565. The van der Waals surface area contributed by atoms with E-state index in [4.69, 9.17) is 0 Å². The Hall–Kier alpha value is -1.69. The van der Waals surface area contributed by atoms with E-state index in [2.05, 4.69) is 0 Å². The number of nitrogens with zero attached hydrogens (tertiary/aromatic N) is 2. The zero-order valence-corrected chi connectivity index (χ0v) is 12.7. The van der Waals surface area contributed by atoms with Crippen LogP contribution in [0.3, 0.4) is 0 Å². The van der Waals surface area contributed by atoms with Crippen LogP contribution in [0, 0.1) is 13.8 Å². The zero-order chi connectivity index (χ0) is 14.9. The fourth-order valence-electron chi connectivity index (χ4n) is 2.33. The van der Waals surface area contributed by atoms with E-state index in [9.17, 15) is 14.4 Å². The van der Waals surface area contributed by atoms with Gasteiger partial charge in [0.05, 0.1) is 6.54 Å². The van der Waals surface area contributed by atoms with E-state index in [1.807, 2.05) is 26.8 Å². The fourth-order valence-corrected chi connectivity index (χ4v) is 3.28. The molecule has 1 fully saturated rings. The third-order valence-corrected chi connectivity index (χ3v) is 4.42. The van der Waals surface area contributed by atoms with Crippen LogP contribution < -0.4 is 0 Å². The highest BCUT2D eigenvalue weighted by Crippen LogP contribution is 2.21. The molecule has 6 heteroatoms. The number of carbonyl (C=O) groups is 3. The van der Waals surface area contributed by atoms with Gasteiger partial charge in [0, 0.05) is 35.0 Å². The highest BCUT2D eigenvalue weighted by molar-refractivity contribution is 7.12. The van der Waals surface area contributed by atoms with Gasteiger partial charge in [0.1, 0.15) is 0 Å². The minimum absolute atomic E-state index is 0.0147. The highest BCUT2D eigenvalue weighted by atomic mass is 32.1. The molecule has 1 saturated heterocycles. The molecule has 0 unspecified atom stereocenters. The third-order valence-electron chi connectivity index (χ3n) is 3.45. The van der Waals surface area contributed by atoms with Crippen molar-refractivity contribution in [3.05, 3.63) is 21.4 Å². The highest BCUT2D eigenvalue weighted by Gasteiger charge is 2.32. The molecule has 2 heterocycles. The lowest BCUT2D eigenvalue weighted by molar-refractivity contribution is -0.155. The molecule has 0 aromatic carbocycles. The monoisotopic (exact) mass is 294 g/mol. The largest absolute Gasteiger partial charge is 0.333 e. The standard InChI is InChI=1S/C14H18N2O3S/c1-4-15-5-6-16(14(19)13(15)18)8-12(17)11-7-9(2)20-10(11)3/h7H,4-6,8H2,1-3H3. The molecule has 2 amide bonds. The zero-order valence-electron chi connectivity index (χ0n) is 11.9. The quantitative estimate of drug-likeness (QED) is 0.620. The number of likely N-dealkylation sites (N-methyl/N-ethyl adjacent to an activating group) is 1. The average Bonchev–Trinajstić information content (AvgIpc) is 2.74. The summed E-state index contributed by atoms with van der Waals surface area (Å²) in [5, 5.41) is 0. The van der Waals surface area contributed by atoms with Gasteiger partial charge in [-0.2, -0.15) is 0 Å². The molecule has 0 bridgehead atoms. The summed E-state index contributed by atoms with van der Waals surface area (Å²) in [6.07, 6.45) is 0. The summed E-state index contributed by atoms with van der Waals surface area (Å²) in [6, 6.07) is 1.84. The maximum atomic E-state index is 12.2. The molecule has 0 radical (unpaired) electrons. The van der Waals surface area contributed by atoms with Crippen LogP contribution in [0.1, 0.15) is 27.0 Å². The lowest BCUT2D eigenvalue weighted by atomic mass is 10.1. The van der Waals surface area contributed by atoms with Crippen molar-refractivity contribution in [1.29, 1.82) is 0 Å². The van der Waals surface area contributed by atoms with E-state index in [1.54, 1.807) is 11.3 Å². The molecular formula is C14H18N2O3S. The smallest absolute Gasteiger partial charge is 0.312 e. The number of piperazine rings is 1. The number of carbonyl (C=O) groups excluding carboxylic acids is 3. The number of Topliss-reactive ketones (excluding diaryl/α,β-unsaturated/α-hetero) is 1. The summed E-state index contributed by atoms with van der Waals surface area (Å²) < 4.78 is 0. The van der Waals surface area contributed by atoms with E-state index in [-0.39, 0.29) is 12.3 Å². The number of hydrogen-bond acceptors (Lipinski definition) is 4. The van der Waals surface area contributed by atoms with Crippen molar-refractivity contribution in [2.75, 3.05) is 26.2 Å². The van der Waals surface area contributed by atoms with Gasteiger partial charge < -0.3 is 9.80 Å². The maximum Gasteiger partial charge on any atom is 0.312 e. The molecule has 1 aliphatic rings. The van der Waals surface area contributed by atoms with Crippen molar-refractivity contribution in [1.82, 2.24) is 9.80 Å². The minimum Gasteiger partial charge on any atom is -0.333 e. The number of thiophene rings is 1. The molecule has 0 aliphatic carbocycles. The number of rotatable bonds is 4. The molecule has 1 aromatic heterocycles. The first kappa shape index (κ1) is 14.7. The molecule has 108 valence electrons. The van der Waals surface area contributed by atoms with Crippen LogP contribution in [0.25, 0.3) is 0 Å². The molecule has 20 heavy (non-hydrogen) atoms. The van der Waals surface area contributed by atoms with Gasteiger partial charge in [-0.25, -0.2) is 0 Å². The Balaban J connectivity index is 2.07. The van der Waals surface area contributed by atoms with Crippen LogP contribution in [0.4, 0.5) is 0 Å². The van der Waals surface area contributed by atoms with Crippen molar-refractivity contribution in [2.24, 2.45) is 0 Å². The lowest BCUT2D eigenvalue weighted by Gasteiger charge is -2.32. The predicted octanol–water partition coefficient (Wildman–Crippen LogP) is 1.24. The fraction of sp³-hybridized carbons (Fsp3) is 0.500. The Morgan fingerprint density at radius 1 is 1.20 bits per heavy atom. The molecule has 5 nitrogen and oxygen atoms in total. The van der Waals surface area contributed by atoms with Gasteiger partial charge >= 0.3 is 11.8 Å². The average molecular weight is 294 g/mol. The summed E-state index contributed by atoms with van der Waals surface area (Å²) in [7, 11) is 0. The van der Waals surface area contributed by atoms with Gasteiger partial charge in [0.25, 0.3) is 0 Å². The summed E-state index contributed by atoms with van der Waals surface area (Å²) in [5.74, 6) is -1.18. The van der Waals surface area contributed by atoms with Gasteiger partial charge in [-0.1, -0.05) is 0 Å². The second-order valence-electron chi connectivity index (χ2n) is 4.86. The molecule has 0 atom stereocenters. The van der Waals surface area contributed by atoms with E-state index in [1.165, 1.54) is 9.80 Å². The van der Waals surface area contributed by atoms with Crippen LogP contribution in [-0.2, 0) is 9.59 Å². The van der Waals surface area contributed by atoms with Crippen LogP contribution >= 0.6 is 11.3 Å². The first-order chi connectivity index (χ1) is 9.43. The summed E-state index contributed by atoms with van der Waals surface area (Å²) in [6.45, 7) is 7.11. The molecular weight excluding hydrogens is 276 g/mol. The van der Waals surface area contributed by atoms with E-state index in [0.29, 0.717) is 25.2 Å². The van der Waals surface area contributed by atoms with Gasteiger partial charge in [0.2, 0.25) is 0 Å². The summed E-state index contributed by atoms with van der Waals surface area (Å²) in [5.41, 5.74) is 0.658. The molecule has 0 spiro atoms. The van der Waals surface area contributed by atoms with Crippen LogP contribution in [0.5, 0.6) is 0 Å². The molecule has 0 saturated carbocycles. The molecule has 1 aromatic rings. The number of amides is 2. The van der Waals surface area contributed by atoms with Crippen molar-refractivity contribution in [3.63, 3.8) is 0 Å². The molecule has 1 aliphatic heterocycles. The van der Waals surface area contributed by atoms with Crippen LogP contribution in [-0.4, -0.2) is 53.6 Å². The molecule has 0 N–H and O–H groups in total. The second kappa shape index (κ2) is 5.75. The summed E-state index contributed by atoms with van der Waals surface area (Å²) >= 11 is 1.57. The maximum absolute atomic E-state index is 12.2. The first-order valence-corrected chi connectivity index (χ1v) is 7.44. The van der Waals surface area contributed by atoms with Crippen molar-refractivity contribution >= 4 is 28.9 Å². The Kier molecular flexibility index (Phi) is 4.23. The SMILES string of the molecule is CCN1CCN(CC(=O)c2cc(C)sc2C)C(=O)C1=O. The number of hydrogen-bond donors (Lipinski definition) is 0. The minimum atomic E-state index is -0.573. The van der Waals surface area contributed by atoms with Gasteiger partial charge in [-0.05, 0) is 26.8 Å². The Labute approximate surface area is 122 Å². The Morgan fingerprint density at radius 2 is 1.80 bits per heavy atom. The van der Waals surface area contributed by atoms with E-state index < -0.39 is 11.8 Å². The topological polar surface area (TPSA) is 57.7 Å². The van der Waals surface area contributed by atoms with Gasteiger partial charge in [-0.3, -0.25) is 14.4 Å². The van der Waals surface area contributed by atoms with Crippen molar-refractivity contribution < 1.29 is 14.4 Å². The second-order valence-corrected chi connectivity index (χ2v) is 6.32. The number of ketones is 1. The van der Waals surface area contributed by atoms with E-state index >= 15 is 0 Å². The number of aryl methyl sites for hydroxylation is 2. The predicted molar refractivity (Wildman–Crippen MR) is 77.0 cm³/mol. The van der Waals surface area contributed by atoms with Gasteiger partial charge in [-0.15, -0.1) is 11.3 Å². The third kappa shape index (κ3) is 2.75. The van der Waals surface area contributed by atoms with Crippen molar-refractivity contribution in [2.45, 2.75) is 20.8 Å². The lowest BCUT2D eigenvalue weighted by Crippen LogP contribution is -2.55. The van der Waals surface area contributed by atoms with Crippen LogP contribution in [0.2, 0.25) is 0 Å². The molecule has 2 rings (SSSR count). The summed E-state index contributed by atoms with van der Waals surface area (Å²) in [4.78, 5) is 40.8. The van der Waals surface area contributed by atoms with Crippen molar-refractivity contribution in [3.8, 4) is 0 Å². The Morgan fingerprint density at radius 3 is 2.35 bits per heavy atom. The first-order valence-electron chi connectivity index (χ1n) is 6.62.